The van der Waals surface area contributed by atoms with Crippen molar-refractivity contribution in [1.82, 2.24) is 5.32 Å². The van der Waals surface area contributed by atoms with Crippen LogP contribution in [-0.4, -0.2) is 31.2 Å². The lowest BCUT2D eigenvalue weighted by Gasteiger charge is -2.18. The van der Waals surface area contributed by atoms with Crippen LogP contribution in [0.5, 0.6) is 11.5 Å². The maximum Gasteiger partial charge on any atom is 0.260 e. The molecule has 1 saturated carbocycles. The molecule has 1 aliphatic rings. The smallest absolute Gasteiger partial charge is 0.260 e. The van der Waals surface area contributed by atoms with E-state index in [1.807, 2.05) is 25.1 Å². The van der Waals surface area contributed by atoms with Gasteiger partial charge in [0.1, 0.15) is 0 Å². The minimum Gasteiger partial charge on any atom is -0.493 e. The number of carbonyl (C=O) groups is 1. The second-order valence-corrected chi connectivity index (χ2v) is 5.71. The minimum absolute atomic E-state index is 0.0711. The Morgan fingerprint density at radius 1 is 1.38 bits per heavy atom. The first kappa shape index (κ1) is 15.6. The van der Waals surface area contributed by atoms with Gasteiger partial charge in [-0.15, -0.1) is 0 Å². The predicted octanol–water partition coefficient (Wildman–Crippen LogP) is 1.63. The zero-order chi connectivity index (χ0) is 15.4. The van der Waals surface area contributed by atoms with Gasteiger partial charge >= 0.3 is 0 Å². The molecule has 0 bridgehead atoms. The Hall–Kier alpha value is -1.75. The number of hydrogen-bond donors (Lipinski definition) is 2. The van der Waals surface area contributed by atoms with Crippen LogP contribution in [-0.2, 0) is 11.2 Å². The molecule has 2 unspecified atom stereocenters. The number of amides is 1. The summed E-state index contributed by atoms with van der Waals surface area (Å²) in [6.45, 7) is 3.70. The first-order valence-electron chi connectivity index (χ1n) is 7.39. The Morgan fingerprint density at radius 2 is 2.10 bits per heavy atom. The normalized spacial score (nSPS) is 17.0. The number of carbonyl (C=O) groups excluding carboxylic acids is 1. The van der Waals surface area contributed by atoms with Crippen LogP contribution in [0.2, 0.25) is 0 Å². The molecular formula is C16H24N2O3. The van der Waals surface area contributed by atoms with E-state index in [-0.39, 0.29) is 11.9 Å². The van der Waals surface area contributed by atoms with Gasteiger partial charge in [-0.1, -0.05) is 6.07 Å². The monoisotopic (exact) mass is 292 g/mol. The Labute approximate surface area is 125 Å². The third kappa shape index (κ3) is 4.63. The van der Waals surface area contributed by atoms with Gasteiger partial charge in [0.2, 0.25) is 0 Å². The van der Waals surface area contributed by atoms with Crippen LogP contribution in [0.1, 0.15) is 32.3 Å². The molecule has 2 rings (SSSR count). The average molecular weight is 292 g/mol. The van der Waals surface area contributed by atoms with Gasteiger partial charge in [-0.05, 0) is 50.8 Å². The summed E-state index contributed by atoms with van der Waals surface area (Å²) in [6.07, 6.45) is 2.32. The maximum atomic E-state index is 12.0. The molecule has 1 aromatic carbocycles. The van der Waals surface area contributed by atoms with E-state index in [1.54, 1.807) is 14.0 Å². The van der Waals surface area contributed by atoms with Gasteiger partial charge in [-0.2, -0.15) is 0 Å². The van der Waals surface area contributed by atoms with E-state index in [2.05, 4.69) is 5.32 Å². The van der Waals surface area contributed by atoms with E-state index in [0.29, 0.717) is 17.5 Å². The van der Waals surface area contributed by atoms with Crippen molar-refractivity contribution in [3.8, 4) is 11.5 Å². The van der Waals surface area contributed by atoms with Gasteiger partial charge in [0.05, 0.1) is 7.11 Å². The topological polar surface area (TPSA) is 73.6 Å². The standard InChI is InChI=1S/C16H24N2O3/c1-10(17)8-12-4-7-14(20-3)15(9-12)21-11(2)16(19)18-13-5-6-13/h4,7,9-11,13H,5-6,8,17H2,1-3H3,(H,18,19). The lowest BCUT2D eigenvalue weighted by atomic mass is 10.1. The summed E-state index contributed by atoms with van der Waals surface area (Å²) in [6, 6.07) is 6.10. The fraction of sp³-hybridized carbons (Fsp3) is 0.562. The molecule has 2 atom stereocenters. The molecule has 5 nitrogen and oxygen atoms in total. The van der Waals surface area contributed by atoms with Crippen LogP contribution in [0, 0.1) is 0 Å². The second kappa shape index (κ2) is 6.80. The van der Waals surface area contributed by atoms with Crippen molar-refractivity contribution in [1.29, 1.82) is 0 Å². The summed E-state index contributed by atoms with van der Waals surface area (Å²) in [5.74, 6) is 1.11. The molecule has 3 N–H and O–H groups in total. The molecule has 0 aliphatic heterocycles. The number of rotatable bonds is 7. The number of benzene rings is 1. The first-order valence-corrected chi connectivity index (χ1v) is 7.39. The van der Waals surface area contributed by atoms with E-state index < -0.39 is 6.10 Å². The van der Waals surface area contributed by atoms with Gasteiger partial charge < -0.3 is 20.5 Å². The molecule has 1 aromatic rings. The number of nitrogens with two attached hydrogens (primary N) is 1. The van der Waals surface area contributed by atoms with Crippen molar-refractivity contribution in [3.05, 3.63) is 23.8 Å². The summed E-state index contributed by atoms with van der Waals surface area (Å²) >= 11 is 0. The van der Waals surface area contributed by atoms with Crippen LogP contribution in [0.15, 0.2) is 18.2 Å². The van der Waals surface area contributed by atoms with Crippen LogP contribution in [0.3, 0.4) is 0 Å². The lowest BCUT2D eigenvalue weighted by Crippen LogP contribution is -2.37. The molecule has 0 heterocycles. The Balaban J connectivity index is 2.06. The van der Waals surface area contributed by atoms with Crippen molar-refractivity contribution >= 4 is 5.91 Å². The second-order valence-electron chi connectivity index (χ2n) is 5.71. The summed E-state index contributed by atoms with van der Waals surface area (Å²) in [7, 11) is 1.59. The number of nitrogens with one attached hydrogen (secondary N) is 1. The molecule has 1 aliphatic carbocycles. The summed E-state index contributed by atoms with van der Waals surface area (Å²) in [5.41, 5.74) is 6.89. The highest BCUT2D eigenvalue weighted by Gasteiger charge is 2.26. The van der Waals surface area contributed by atoms with Crippen molar-refractivity contribution in [2.45, 2.75) is 51.3 Å². The van der Waals surface area contributed by atoms with E-state index in [9.17, 15) is 4.79 Å². The van der Waals surface area contributed by atoms with Crippen LogP contribution >= 0.6 is 0 Å². The van der Waals surface area contributed by atoms with Crippen molar-refractivity contribution in [2.75, 3.05) is 7.11 Å². The molecule has 1 amide bonds. The third-order valence-corrected chi connectivity index (χ3v) is 3.38. The molecule has 0 saturated heterocycles. The molecule has 5 heteroatoms. The fourth-order valence-corrected chi connectivity index (χ4v) is 2.10. The van der Waals surface area contributed by atoms with E-state index in [1.165, 1.54) is 0 Å². The summed E-state index contributed by atoms with van der Waals surface area (Å²) in [5, 5.41) is 2.93. The van der Waals surface area contributed by atoms with Gasteiger partial charge in [-0.25, -0.2) is 0 Å². The van der Waals surface area contributed by atoms with Gasteiger partial charge in [-0.3, -0.25) is 4.79 Å². The highest BCUT2D eigenvalue weighted by molar-refractivity contribution is 5.81. The van der Waals surface area contributed by atoms with Crippen LogP contribution in [0.4, 0.5) is 0 Å². The highest BCUT2D eigenvalue weighted by atomic mass is 16.5. The lowest BCUT2D eigenvalue weighted by molar-refractivity contribution is -0.127. The van der Waals surface area contributed by atoms with E-state index in [4.69, 9.17) is 15.2 Å². The summed E-state index contributed by atoms with van der Waals surface area (Å²) in [4.78, 5) is 12.0. The molecule has 21 heavy (non-hydrogen) atoms. The summed E-state index contributed by atoms with van der Waals surface area (Å²) < 4.78 is 11.1. The van der Waals surface area contributed by atoms with E-state index >= 15 is 0 Å². The Bertz CT molecular complexity index is 498. The van der Waals surface area contributed by atoms with Gasteiger partial charge in [0, 0.05) is 12.1 Å². The third-order valence-electron chi connectivity index (χ3n) is 3.38. The molecule has 0 aromatic heterocycles. The zero-order valence-corrected chi connectivity index (χ0v) is 12.9. The van der Waals surface area contributed by atoms with Gasteiger partial charge in [0.25, 0.3) is 5.91 Å². The molecular weight excluding hydrogens is 268 g/mol. The average Bonchev–Trinajstić information content (AvgIpc) is 3.22. The predicted molar refractivity (Wildman–Crippen MR) is 81.6 cm³/mol. The highest BCUT2D eigenvalue weighted by Crippen LogP contribution is 2.29. The molecule has 0 radical (unpaired) electrons. The SMILES string of the molecule is COc1ccc(CC(C)N)cc1OC(C)C(=O)NC1CC1. The molecule has 1 fully saturated rings. The zero-order valence-electron chi connectivity index (χ0n) is 12.9. The van der Waals surface area contributed by atoms with Crippen molar-refractivity contribution in [2.24, 2.45) is 5.73 Å². The molecule has 0 spiro atoms. The number of methoxy groups -OCH3 is 1. The van der Waals surface area contributed by atoms with E-state index in [0.717, 1.165) is 24.8 Å². The quantitative estimate of drug-likeness (QED) is 0.801. The number of hydrogen-bond acceptors (Lipinski definition) is 4. The fourth-order valence-electron chi connectivity index (χ4n) is 2.10. The molecule has 116 valence electrons. The first-order chi connectivity index (χ1) is 9.99. The minimum atomic E-state index is -0.551. The largest absolute Gasteiger partial charge is 0.493 e. The van der Waals surface area contributed by atoms with Crippen molar-refractivity contribution < 1.29 is 14.3 Å². The Kier molecular flexibility index (Phi) is 5.07. The van der Waals surface area contributed by atoms with Gasteiger partial charge in [0.15, 0.2) is 17.6 Å². The van der Waals surface area contributed by atoms with Crippen LogP contribution < -0.4 is 20.5 Å². The Morgan fingerprint density at radius 3 is 2.67 bits per heavy atom. The van der Waals surface area contributed by atoms with Crippen molar-refractivity contribution in [3.63, 3.8) is 0 Å². The number of ether oxygens (including phenoxy) is 2. The van der Waals surface area contributed by atoms with Crippen LogP contribution in [0.25, 0.3) is 0 Å². The maximum absolute atomic E-state index is 12.0.